The number of hydrogen-bond acceptors (Lipinski definition) is 15. The molecule has 26 heteroatoms. The lowest BCUT2D eigenvalue weighted by Crippen LogP contribution is -2.63. The summed E-state index contributed by atoms with van der Waals surface area (Å²) in [6, 6.07) is -13.0. The third-order valence-electron chi connectivity index (χ3n) is 17.0. The average Bonchev–Trinajstić information content (AvgIpc) is 0.831. The summed E-state index contributed by atoms with van der Waals surface area (Å²) in [4.78, 5) is 182. The van der Waals surface area contributed by atoms with Crippen LogP contribution in [-0.2, 0) is 62.3 Å². The van der Waals surface area contributed by atoms with Crippen LogP contribution in [0.5, 0.6) is 0 Å². The molecular weight excluding hydrogens is 1200 g/mol. The Morgan fingerprint density at radius 2 is 1.03 bits per heavy atom. The second-order valence-corrected chi connectivity index (χ2v) is 28.3. The molecule has 0 aliphatic carbocycles. The largest absolute Gasteiger partial charge is 0.390 e. The summed E-state index contributed by atoms with van der Waals surface area (Å²) in [5, 5.41) is 23.1. The number of allylic oxidation sites excluding steroid dienone is 2. The van der Waals surface area contributed by atoms with Crippen molar-refractivity contribution in [2.45, 2.75) is 235 Å². The number of likely N-dealkylation sites (N-methyl/N-ethyl adjacent to an activating group) is 7. The first-order valence-corrected chi connectivity index (χ1v) is 33.7. The zero-order valence-electron chi connectivity index (χ0n) is 59.9. The van der Waals surface area contributed by atoms with Gasteiger partial charge in [-0.25, -0.2) is 0 Å². The maximum atomic E-state index is 15.2. The first-order chi connectivity index (χ1) is 42.6. The highest BCUT2D eigenvalue weighted by atomic mass is 32.2. The second kappa shape index (κ2) is 39.5. The zero-order chi connectivity index (χ0) is 71.1. The summed E-state index contributed by atoms with van der Waals surface area (Å²) in [5.74, 6) is -9.73. The number of aliphatic hydroxyl groups is 1. The minimum Gasteiger partial charge on any atom is -0.390 e. The molecule has 1 saturated heterocycles. The van der Waals surface area contributed by atoms with Crippen LogP contribution in [0.4, 0.5) is 0 Å². The Hall–Kier alpha value is -6.15. The van der Waals surface area contributed by atoms with Crippen molar-refractivity contribution in [3.63, 3.8) is 0 Å². The van der Waals surface area contributed by atoms with E-state index in [9.17, 15) is 48.3 Å². The van der Waals surface area contributed by atoms with E-state index < -0.39 is 162 Å². The van der Waals surface area contributed by atoms with E-state index in [2.05, 4.69) is 21.3 Å². The van der Waals surface area contributed by atoms with Crippen molar-refractivity contribution in [1.29, 1.82) is 0 Å². The van der Waals surface area contributed by atoms with Crippen molar-refractivity contribution >= 4 is 81.9 Å². The number of nitrogens with zero attached hydrogens (tertiary/aromatic N) is 7. The smallest absolute Gasteiger partial charge is 0.246 e. The first kappa shape index (κ1) is 83.9. The van der Waals surface area contributed by atoms with E-state index in [1.54, 1.807) is 67.5 Å². The predicted octanol–water partition coefficient (Wildman–Crippen LogP) is 3.69. The molecular formula is C66H117N11O14S. The minimum atomic E-state index is -1.64. The summed E-state index contributed by atoms with van der Waals surface area (Å²) >= 11 is 1.16. The Morgan fingerprint density at radius 1 is 0.554 bits per heavy atom. The molecule has 25 nitrogen and oxygen atoms in total. The lowest BCUT2D eigenvalue weighted by molar-refractivity contribution is -0.157. The SMILES string of the molecule is CC=CC[C@@H](C)[C@@H](O)[C@H]1C(=O)N[C@@H](CC)C(=O)N(C)CC(=O)N(C)[C@@H]([C@@H](C)OCCCCSC(C)=O)C(=O)N[C@@H](C(C)C)C(=O)N(C)[C@@H](CC(C)C)C(=O)N[C@@H](C)C(=O)N[C@H](C)C(=O)N(C)[C@@H](CC(C)C)C(=O)N(C)[C@H](CC(C)C)C(=O)N(C)[C@@H](C(C)C)C(=O)N1C. The normalized spacial score (nSPS) is 26.0. The molecule has 0 aromatic heterocycles. The zero-order valence-corrected chi connectivity index (χ0v) is 60.7. The number of aliphatic hydroxyl groups excluding tert-OH is 1. The number of rotatable bonds is 20. The fraction of sp³-hybridized carbons (Fsp3) is 0.788. The van der Waals surface area contributed by atoms with Crippen LogP contribution in [0.15, 0.2) is 12.2 Å². The van der Waals surface area contributed by atoms with Crippen LogP contribution in [0.2, 0.25) is 0 Å². The number of ether oxygens (including phenoxy) is 1. The predicted molar refractivity (Wildman–Crippen MR) is 357 cm³/mol. The van der Waals surface area contributed by atoms with Gasteiger partial charge in [0.05, 0.1) is 18.8 Å². The van der Waals surface area contributed by atoms with Crippen molar-refractivity contribution in [3.05, 3.63) is 12.2 Å². The summed E-state index contributed by atoms with van der Waals surface area (Å²) < 4.78 is 6.19. The van der Waals surface area contributed by atoms with Crippen LogP contribution >= 0.6 is 11.8 Å². The molecule has 0 aromatic rings. The minimum absolute atomic E-state index is 0.0164. The average molecular weight is 1320 g/mol. The van der Waals surface area contributed by atoms with Crippen LogP contribution in [0.1, 0.15) is 163 Å². The summed E-state index contributed by atoms with van der Waals surface area (Å²) in [7, 11) is 9.75. The van der Waals surface area contributed by atoms with Crippen molar-refractivity contribution in [1.82, 2.24) is 55.6 Å². The van der Waals surface area contributed by atoms with Gasteiger partial charge in [-0.15, -0.1) is 0 Å². The number of carbonyl (C=O) groups excluding carboxylic acids is 12. The summed E-state index contributed by atoms with van der Waals surface area (Å²) in [6.45, 7) is 28.5. The van der Waals surface area contributed by atoms with Gasteiger partial charge in [0.2, 0.25) is 65.0 Å². The van der Waals surface area contributed by atoms with Gasteiger partial charge in [0.15, 0.2) is 5.12 Å². The quantitative estimate of drug-likeness (QED) is 0.0858. The first-order valence-electron chi connectivity index (χ1n) is 32.7. The van der Waals surface area contributed by atoms with Crippen LogP contribution in [0, 0.1) is 35.5 Å². The Kier molecular flexibility index (Phi) is 36.0. The van der Waals surface area contributed by atoms with E-state index in [0.717, 1.165) is 26.5 Å². The summed E-state index contributed by atoms with van der Waals surface area (Å²) in [6.07, 6.45) is 2.78. The fourth-order valence-electron chi connectivity index (χ4n) is 11.2. The number of unbranched alkanes of at least 4 members (excludes halogenated alkanes) is 1. The molecule has 526 valence electrons. The van der Waals surface area contributed by atoms with Gasteiger partial charge in [-0.1, -0.05) is 107 Å². The lowest BCUT2D eigenvalue weighted by Gasteiger charge is -2.41. The van der Waals surface area contributed by atoms with Crippen molar-refractivity contribution < 1.29 is 67.4 Å². The molecule has 0 unspecified atom stereocenters. The molecule has 1 aliphatic heterocycles. The molecule has 11 amide bonds. The number of amides is 11. The van der Waals surface area contributed by atoms with Gasteiger partial charge in [0, 0.05) is 68.6 Å². The number of hydrogen-bond donors (Lipinski definition) is 5. The molecule has 1 rings (SSSR count). The van der Waals surface area contributed by atoms with Gasteiger partial charge in [0.1, 0.15) is 60.4 Å². The molecule has 5 N–H and O–H groups in total. The van der Waals surface area contributed by atoms with E-state index in [1.807, 2.05) is 41.5 Å². The molecule has 0 spiro atoms. The van der Waals surface area contributed by atoms with Gasteiger partial charge in [-0.2, -0.15) is 0 Å². The number of carbonyl (C=O) groups is 12. The molecule has 0 bridgehead atoms. The Bertz CT molecular complexity index is 2530. The van der Waals surface area contributed by atoms with Gasteiger partial charge in [-0.05, 0) is 108 Å². The fourth-order valence-corrected chi connectivity index (χ4v) is 11.9. The lowest BCUT2D eigenvalue weighted by atomic mass is 9.91. The standard InChI is InChI=1S/C66H117N11O14S/c1-25-27-30-42(13)56(80)55-60(84)69-47(26-2)62(86)71(18)36-51(79)75(22)54(45(16)91-31-28-29-32-92-46(17)78)59(83)70-52(40(9)10)65(89)72(19)48(33-37(3)4)58(82)67-43(14)57(81)68-44(15)61(85)73(20)49(34-38(5)6)63(87)74(21)50(35-39(7)8)64(88)76(23)53(41(11)12)66(90)77(55)24/h25,27,37-45,47-50,52-56,80H,26,28-36H2,1-24H3,(H,67,82)(H,68,81)(H,69,84)(H,70,83)/t42-,43+,44-,45-,47+,48+,49+,50-,52+,53+,54+,55+,56-/m1/s1. The van der Waals surface area contributed by atoms with Gasteiger partial charge >= 0.3 is 0 Å². The second-order valence-electron chi connectivity index (χ2n) is 27.0. The van der Waals surface area contributed by atoms with E-state index in [0.29, 0.717) is 18.6 Å². The highest BCUT2D eigenvalue weighted by Gasteiger charge is 2.46. The van der Waals surface area contributed by atoms with E-state index in [4.69, 9.17) is 4.74 Å². The third-order valence-corrected chi connectivity index (χ3v) is 17.9. The molecule has 1 fully saturated rings. The maximum Gasteiger partial charge on any atom is 0.246 e. The maximum absolute atomic E-state index is 15.2. The van der Waals surface area contributed by atoms with Gasteiger partial charge < -0.3 is 65.4 Å². The molecule has 0 aromatic carbocycles. The highest BCUT2D eigenvalue weighted by molar-refractivity contribution is 8.13. The molecule has 0 radical (unpaired) electrons. The number of thioether (sulfide) groups is 1. The van der Waals surface area contributed by atoms with Crippen LogP contribution in [-0.4, -0.2) is 250 Å². The molecule has 13 atom stereocenters. The van der Waals surface area contributed by atoms with Crippen molar-refractivity contribution in [2.24, 2.45) is 35.5 Å². The van der Waals surface area contributed by atoms with E-state index >= 15 is 14.4 Å². The van der Waals surface area contributed by atoms with Crippen molar-refractivity contribution in [3.8, 4) is 0 Å². The molecule has 1 heterocycles. The molecule has 1 aliphatic rings. The van der Waals surface area contributed by atoms with Crippen LogP contribution in [0.3, 0.4) is 0 Å². The van der Waals surface area contributed by atoms with Crippen molar-refractivity contribution in [2.75, 3.05) is 68.2 Å². The van der Waals surface area contributed by atoms with E-state index in [-0.39, 0.29) is 61.6 Å². The monoisotopic (exact) mass is 1320 g/mol. The summed E-state index contributed by atoms with van der Waals surface area (Å²) in [5.41, 5.74) is 0. The number of nitrogens with one attached hydrogen (secondary N) is 4. The topological polar surface area (TPSA) is 305 Å². The Morgan fingerprint density at radius 3 is 1.52 bits per heavy atom. The van der Waals surface area contributed by atoms with E-state index in [1.165, 1.54) is 89.7 Å². The van der Waals surface area contributed by atoms with Gasteiger partial charge in [0.25, 0.3) is 0 Å². The Balaban J connectivity index is 4.38. The molecule has 0 saturated carbocycles. The van der Waals surface area contributed by atoms with Gasteiger partial charge in [-0.3, -0.25) is 57.5 Å². The Labute approximate surface area is 553 Å². The third kappa shape index (κ3) is 24.6. The molecule has 92 heavy (non-hydrogen) atoms. The van der Waals surface area contributed by atoms with Crippen LogP contribution < -0.4 is 21.3 Å². The van der Waals surface area contributed by atoms with Crippen LogP contribution in [0.25, 0.3) is 0 Å². The highest BCUT2D eigenvalue weighted by Crippen LogP contribution is 2.26.